The molecule has 0 bridgehead atoms. The minimum absolute atomic E-state index is 0.0690. The van der Waals surface area contributed by atoms with Gasteiger partial charge in [0.15, 0.2) is 0 Å². The molecule has 2 heterocycles. The van der Waals surface area contributed by atoms with Crippen LogP contribution in [0.3, 0.4) is 0 Å². The molecule has 0 amide bonds. The Morgan fingerprint density at radius 2 is 1.29 bits per heavy atom. The second-order valence-electron chi connectivity index (χ2n) is 13.8. The van der Waals surface area contributed by atoms with E-state index in [2.05, 4.69) is 88.5 Å². The van der Waals surface area contributed by atoms with Gasteiger partial charge in [0, 0.05) is 54.9 Å². The summed E-state index contributed by atoms with van der Waals surface area (Å²) >= 11 is 0. The Balaban J connectivity index is 1.29. The number of hydrogen-bond acceptors (Lipinski definition) is 5. The van der Waals surface area contributed by atoms with Crippen LogP contribution in [-0.2, 0) is 11.2 Å². The first-order valence-corrected chi connectivity index (χ1v) is 14.8. The third-order valence-electron chi connectivity index (χ3n) is 9.22. The standard InChI is InChI=1S/C34H46N5O2/c1-24-33(40)26(20-25-8-12-28(13-9-25)36-18-16-30(22-36)38(2,3)4)21-32(34(24)41)35-27-10-14-29(15-11-27)37-19-17-31(23-37)39(5,6)7/h8-15,21,30-31H,16-20,22-23H2,1-7H3/q+1/p+1. The maximum atomic E-state index is 13.0. The molecule has 1 N–H and O–H groups in total. The van der Waals surface area contributed by atoms with E-state index in [9.17, 15) is 9.90 Å². The van der Waals surface area contributed by atoms with Gasteiger partial charge in [-0.2, -0.15) is 0 Å². The summed E-state index contributed by atoms with van der Waals surface area (Å²) in [7, 11) is 13.6. The van der Waals surface area contributed by atoms with Crippen molar-refractivity contribution < 1.29 is 18.9 Å². The van der Waals surface area contributed by atoms with E-state index in [1.54, 1.807) is 13.0 Å². The molecule has 2 atom stereocenters. The Bertz CT molecular complexity index is 1370. The lowest BCUT2D eigenvalue weighted by Gasteiger charge is -2.31. The summed E-state index contributed by atoms with van der Waals surface area (Å²) < 4.78 is 1.95. The Labute approximate surface area is 245 Å². The number of benzene rings is 2. The lowest BCUT2D eigenvalue weighted by molar-refractivity contribution is -0.893. The zero-order valence-corrected chi connectivity index (χ0v) is 25.9. The van der Waals surface area contributed by atoms with E-state index in [1.807, 2.05) is 12.1 Å². The summed E-state index contributed by atoms with van der Waals surface area (Å²) in [5.74, 6) is -0.156. The van der Waals surface area contributed by atoms with Crippen molar-refractivity contribution >= 4 is 28.6 Å². The fourth-order valence-corrected chi connectivity index (χ4v) is 6.20. The summed E-state index contributed by atoms with van der Waals surface area (Å²) in [6.07, 6.45) is 4.68. The molecule has 0 radical (unpaired) electrons. The van der Waals surface area contributed by atoms with Gasteiger partial charge in [0.1, 0.15) is 23.6 Å². The number of likely N-dealkylation sites (N-methyl/N-ethyl adjacent to an activating group) is 2. The van der Waals surface area contributed by atoms with Crippen LogP contribution in [-0.4, -0.2) is 106 Å². The Kier molecular flexibility index (Phi) is 7.88. The maximum Gasteiger partial charge on any atom is 0.210 e. The van der Waals surface area contributed by atoms with Crippen LogP contribution in [0.1, 0.15) is 25.3 Å². The summed E-state index contributed by atoms with van der Waals surface area (Å²) in [5.41, 5.74) is 5.70. The van der Waals surface area contributed by atoms with E-state index in [0.29, 0.717) is 29.8 Å². The van der Waals surface area contributed by atoms with E-state index < -0.39 is 0 Å². The molecule has 2 aromatic rings. The molecule has 0 saturated carbocycles. The number of rotatable bonds is 7. The average Bonchev–Trinajstić information content (AvgIpc) is 3.62. The Morgan fingerprint density at radius 1 is 0.805 bits per heavy atom. The molecule has 5 rings (SSSR count). The van der Waals surface area contributed by atoms with Crippen LogP contribution in [0.5, 0.6) is 0 Å². The predicted molar refractivity (Wildman–Crippen MR) is 169 cm³/mol. The molecule has 2 aromatic carbocycles. The second-order valence-corrected chi connectivity index (χ2v) is 13.8. The fourth-order valence-electron chi connectivity index (χ4n) is 6.20. The molecule has 218 valence electrons. The summed E-state index contributed by atoms with van der Waals surface area (Å²) in [6.45, 7) is 5.92. The highest BCUT2D eigenvalue weighted by Gasteiger charge is 2.33. The number of carbonyl (C=O) groups excluding carboxylic acids is 1. The van der Waals surface area contributed by atoms with Crippen molar-refractivity contribution in [1.82, 2.24) is 0 Å². The van der Waals surface area contributed by atoms with Crippen LogP contribution in [0.2, 0.25) is 0 Å². The van der Waals surface area contributed by atoms with Gasteiger partial charge in [-0.05, 0) is 55.0 Å². The molecular weight excluding hydrogens is 510 g/mol. The number of quaternary nitrogens is 2. The number of aliphatic imine (C=N–C) groups is 1. The normalized spacial score (nSPS) is 23.1. The van der Waals surface area contributed by atoms with Gasteiger partial charge in [0.2, 0.25) is 5.78 Å². The van der Waals surface area contributed by atoms with Gasteiger partial charge in [0.05, 0.1) is 61.1 Å². The molecule has 0 spiro atoms. The minimum atomic E-state index is -0.225. The van der Waals surface area contributed by atoms with Crippen LogP contribution >= 0.6 is 0 Å². The maximum absolute atomic E-state index is 13.0. The molecule has 2 fully saturated rings. The van der Waals surface area contributed by atoms with Gasteiger partial charge in [-0.1, -0.05) is 12.1 Å². The Morgan fingerprint density at radius 3 is 1.76 bits per heavy atom. The largest absolute Gasteiger partial charge is 0.507 e. The molecule has 2 aliphatic heterocycles. The number of anilines is 2. The zero-order valence-electron chi connectivity index (χ0n) is 25.9. The number of hydrogen-bond donors (Lipinski definition) is 1. The van der Waals surface area contributed by atoms with E-state index in [4.69, 9.17) is 4.99 Å². The topological polar surface area (TPSA) is 56.1 Å². The number of aliphatic hydroxyl groups excluding tert-OH is 1. The van der Waals surface area contributed by atoms with Crippen LogP contribution in [0, 0.1) is 0 Å². The van der Waals surface area contributed by atoms with Gasteiger partial charge < -0.3 is 23.9 Å². The molecule has 1 aliphatic carbocycles. The molecule has 2 saturated heterocycles. The van der Waals surface area contributed by atoms with Gasteiger partial charge in [-0.3, -0.25) is 4.79 Å². The molecule has 7 nitrogen and oxygen atoms in total. The van der Waals surface area contributed by atoms with Crippen LogP contribution in [0.4, 0.5) is 17.1 Å². The summed E-state index contributed by atoms with van der Waals surface area (Å²) in [5, 5.41) is 10.8. The lowest BCUT2D eigenvalue weighted by Crippen LogP contribution is -2.46. The quantitative estimate of drug-likeness (QED) is 0.388. The fraction of sp³-hybridized carbons (Fsp3) is 0.471. The highest BCUT2D eigenvalue weighted by molar-refractivity contribution is 6.51. The highest BCUT2D eigenvalue weighted by atomic mass is 16.3. The monoisotopic (exact) mass is 557 g/mol. The van der Waals surface area contributed by atoms with Crippen LogP contribution in [0.15, 0.2) is 76.5 Å². The van der Waals surface area contributed by atoms with Gasteiger partial charge in [-0.25, -0.2) is 4.99 Å². The summed E-state index contributed by atoms with van der Waals surface area (Å²) in [6, 6.07) is 18.0. The molecule has 0 aromatic heterocycles. The molecule has 7 heteroatoms. The predicted octanol–water partition coefficient (Wildman–Crippen LogP) is 4.91. The van der Waals surface area contributed by atoms with E-state index in [0.717, 1.165) is 52.0 Å². The molecule has 2 unspecified atom stereocenters. The first-order valence-electron chi connectivity index (χ1n) is 14.8. The van der Waals surface area contributed by atoms with Crippen molar-refractivity contribution in [3.05, 3.63) is 77.1 Å². The summed E-state index contributed by atoms with van der Waals surface area (Å²) in [4.78, 5) is 22.6. The first kappa shape index (κ1) is 29.1. The van der Waals surface area contributed by atoms with Crippen molar-refractivity contribution in [2.75, 3.05) is 78.3 Å². The number of Topliss-reactive ketones (excluding diaryl/α,β-unsaturated/α-hetero) is 1. The van der Waals surface area contributed by atoms with E-state index >= 15 is 0 Å². The van der Waals surface area contributed by atoms with Crippen molar-refractivity contribution in [1.29, 1.82) is 0 Å². The van der Waals surface area contributed by atoms with Gasteiger partial charge in [0.25, 0.3) is 0 Å². The van der Waals surface area contributed by atoms with Crippen LogP contribution in [0.25, 0.3) is 0 Å². The van der Waals surface area contributed by atoms with Crippen molar-refractivity contribution in [3.8, 4) is 0 Å². The number of carbonyl (C=O) groups is 1. The number of allylic oxidation sites excluding steroid dienone is 3. The SMILES string of the molecule is CC1=C(O)C(Cc2ccc(N3CCC([N+](C)(C)C)C3)cc2)=CC(=Nc2ccc(N3CCC([N+](C)(C)C)C3)cc2)C1=O. The van der Waals surface area contributed by atoms with Crippen LogP contribution < -0.4 is 9.80 Å². The molecule has 41 heavy (non-hydrogen) atoms. The van der Waals surface area contributed by atoms with E-state index in [-0.39, 0.29) is 11.5 Å². The lowest BCUT2D eigenvalue weighted by atomic mass is 9.91. The second kappa shape index (κ2) is 11.1. The highest BCUT2D eigenvalue weighted by Crippen LogP contribution is 2.30. The minimum Gasteiger partial charge on any atom is -0.507 e. The number of nitrogens with zero attached hydrogens (tertiary/aromatic N) is 5. The third-order valence-corrected chi connectivity index (χ3v) is 9.22. The van der Waals surface area contributed by atoms with Crippen molar-refractivity contribution in [2.45, 2.75) is 38.3 Å². The van der Waals surface area contributed by atoms with Gasteiger partial charge in [-0.15, -0.1) is 0 Å². The Hall–Kier alpha value is -3.42. The molecular formula is C34H47N5O2+2. The molecule has 3 aliphatic rings. The van der Waals surface area contributed by atoms with Crippen molar-refractivity contribution in [2.24, 2.45) is 4.99 Å². The number of ketones is 1. The number of aliphatic hydroxyl groups is 1. The average molecular weight is 558 g/mol. The van der Waals surface area contributed by atoms with Crippen molar-refractivity contribution in [3.63, 3.8) is 0 Å². The van der Waals surface area contributed by atoms with E-state index in [1.165, 1.54) is 24.2 Å². The smallest absolute Gasteiger partial charge is 0.210 e. The zero-order chi connectivity index (χ0) is 29.5. The first-order chi connectivity index (χ1) is 19.3. The third kappa shape index (κ3) is 6.41. The van der Waals surface area contributed by atoms with Gasteiger partial charge >= 0.3 is 0 Å².